The number of nitrogens with zero attached hydrogens (tertiary/aromatic N) is 2. The van der Waals surface area contributed by atoms with Gasteiger partial charge in [0.2, 0.25) is 5.91 Å². The third-order valence-electron chi connectivity index (χ3n) is 3.28. The van der Waals surface area contributed by atoms with Crippen molar-refractivity contribution in [1.29, 1.82) is 0 Å². The van der Waals surface area contributed by atoms with E-state index in [9.17, 15) is 4.79 Å². The summed E-state index contributed by atoms with van der Waals surface area (Å²) in [6.07, 6.45) is 5.08. The number of aryl methyl sites for hydroxylation is 1. The minimum atomic E-state index is 0.144. The van der Waals surface area contributed by atoms with E-state index in [-0.39, 0.29) is 5.91 Å². The number of pyridine rings is 1. The lowest BCUT2D eigenvalue weighted by molar-refractivity contribution is -0.130. The molecule has 5 nitrogen and oxygen atoms in total. The van der Waals surface area contributed by atoms with Crippen molar-refractivity contribution < 1.29 is 4.79 Å². The van der Waals surface area contributed by atoms with Gasteiger partial charge in [0.1, 0.15) is 5.82 Å². The first-order valence-electron chi connectivity index (χ1n) is 6.40. The maximum atomic E-state index is 11.9. The number of piperidine rings is 1. The fraction of sp³-hybridized carbons (Fsp3) is 0.538. The van der Waals surface area contributed by atoms with Gasteiger partial charge in [0.15, 0.2) is 0 Å². The predicted octanol–water partition coefficient (Wildman–Crippen LogP) is 1.40. The Morgan fingerprint density at radius 1 is 1.44 bits per heavy atom. The van der Waals surface area contributed by atoms with Crippen molar-refractivity contribution >= 4 is 17.4 Å². The molecule has 0 atom stereocenters. The second kappa shape index (κ2) is 5.71. The van der Waals surface area contributed by atoms with Gasteiger partial charge in [0.25, 0.3) is 0 Å². The van der Waals surface area contributed by atoms with Crippen LogP contribution in [0.15, 0.2) is 12.3 Å². The van der Waals surface area contributed by atoms with E-state index < -0.39 is 0 Å². The minimum absolute atomic E-state index is 0.144. The van der Waals surface area contributed by atoms with Crippen LogP contribution in [0.5, 0.6) is 0 Å². The van der Waals surface area contributed by atoms with Crippen LogP contribution in [0.1, 0.15) is 24.8 Å². The zero-order chi connectivity index (χ0) is 13.0. The molecular formula is C13H20N4O. The summed E-state index contributed by atoms with van der Waals surface area (Å²) in [4.78, 5) is 18.0. The van der Waals surface area contributed by atoms with Crippen LogP contribution in [0.3, 0.4) is 0 Å². The number of carbonyl (C=O) groups is 1. The van der Waals surface area contributed by atoms with Gasteiger partial charge in [-0.3, -0.25) is 4.79 Å². The molecule has 1 saturated heterocycles. The summed E-state index contributed by atoms with van der Waals surface area (Å²) in [6.45, 7) is 3.99. The third-order valence-corrected chi connectivity index (χ3v) is 3.28. The van der Waals surface area contributed by atoms with Crippen molar-refractivity contribution in [1.82, 2.24) is 9.88 Å². The van der Waals surface area contributed by atoms with Crippen LogP contribution < -0.4 is 11.1 Å². The van der Waals surface area contributed by atoms with Gasteiger partial charge in [-0.05, 0) is 37.8 Å². The first-order chi connectivity index (χ1) is 8.66. The van der Waals surface area contributed by atoms with E-state index in [2.05, 4.69) is 10.3 Å². The van der Waals surface area contributed by atoms with Crippen molar-refractivity contribution in [3.63, 3.8) is 0 Å². The zero-order valence-electron chi connectivity index (χ0n) is 10.8. The molecule has 5 heteroatoms. The molecule has 0 saturated carbocycles. The van der Waals surface area contributed by atoms with E-state index in [0.717, 1.165) is 31.5 Å². The third kappa shape index (κ3) is 3.12. The maximum absolute atomic E-state index is 11.9. The summed E-state index contributed by atoms with van der Waals surface area (Å²) in [6, 6.07) is 1.86. The summed E-state index contributed by atoms with van der Waals surface area (Å²) >= 11 is 0. The maximum Gasteiger partial charge on any atom is 0.241 e. The van der Waals surface area contributed by atoms with Gasteiger partial charge in [-0.1, -0.05) is 0 Å². The summed E-state index contributed by atoms with van der Waals surface area (Å²) in [7, 11) is 0. The molecule has 3 N–H and O–H groups in total. The Kier molecular flexibility index (Phi) is 4.02. The summed E-state index contributed by atoms with van der Waals surface area (Å²) in [5.74, 6) is 0.845. The molecule has 98 valence electrons. The van der Waals surface area contributed by atoms with Crippen molar-refractivity contribution in [3.05, 3.63) is 17.8 Å². The Hall–Kier alpha value is -1.78. The lowest BCUT2D eigenvalue weighted by atomic mass is 10.1. The Morgan fingerprint density at radius 2 is 2.17 bits per heavy atom. The van der Waals surface area contributed by atoms with E-state index in [4.69, 9.17) is 5.73 Å². The number of aromatic nitrogens is 1. The van der Waals surface area contributed by atoms with E-state index >= 15 is 0 Å². The number of nitrogens with one attached hydrogen (secondary N) is 1. The van der Waals surface area contributed by atoms with Crippen LogP contribution in [-0.2, 0) is 4.79 Å². The minimum Gasteiger partial charge on any atom is -0.397 e. The molecule has 1 amide bonds. The van der Waals surface area contributed by atoms with E-state index in [1.807, 2.05) is 17.9 Å². The molecule has 0 aliphatic carbocycles. The molecule has 1 aliphatic heterocycles. The number of rotatable bonds is 3. The Morgan fingerprint density at radius 3 is 2.83 bits per heavy atom. The number of amides is 1. The average Bonchev–Trinajstić information content (AvgIpc) is 2.41. The van der Waals surface area contributed by atoms with Crippen LogP contribution in [0.25, 0.3) is 0 Å². The normalized spacial score (nSPS) is 15.5. The van der Waals surface area contributed by atoms with Gasteiger partial charge in [0.05, 0.1) is 18.4 Å². The molecule has 2 rings (SSSR count). The highest BCUT2D eigenvalue weighted by Gasteiger charge is 2.15. The van der Waals surface area contributed by atoms with Gasteiger partial charge >= 0.3 is 0 Å². The number of hydrogen-bond acceptors (Lipinski definition) is 4. The van der Waals surface area contributed by atoms with E-state index in [0.29, 0.717) is 18.1 Å². The molecule has 1 aliphatic rings. The molecular weight excluding hydrogens is 228 g/mol. The molecule has 1 aromatic heterocycles. The molecule has 0 spiro atoms. The molecule has 1 aromatic rings. The van der Waals surface area contributed by atoms with Gasteiger partial charge in [-0.2, -0.15) is 0 Å². The summed E-state index contributed by atoms with van der Waals surface area (Å²) in [5, 5.41) is 3.05. The Balaban J connectivity index is 1.86. The molecule has 1 fully saturated rings. The SMILES string of the molecule is Cc1cc(NCC(=O)N2CCCCC2)ncc1N. The topological polar surface area (TPSA) is 71.2 Å². The van der Waals surface area contributed by atoms with Gasteiger partial charge in [-0.25, -0.2) is 4.98 Å². The number of hydrogen-bond donors (Lipinski definition) is 2. The van der Waals surface area contributed by atoms with Crippen LogP contribution in [0.4, 0.5) is 11.5 Å². The fourth-order valence-electron chi connectivity index (χ4n) is 2.08. The first kappa shape index (κ1) is 12.7. The lowest BCUT2D eigenvalue weighted by Gasteiger charge is -2.26. The molecule has 0 aromatic carbocycles. The lowest BCUT2D eigenvalue weighted by Crippen LogP contribution is -2.39. The monoisotopic (exact) mass is 248 g/mol. The highest BCUT2D eigenvalue weighted by Crippen LogP contribution is 2.13. The molecule has 2 heterocycles. The first-order valence-corrected chi connectivity index (χ1v) is 6.40. The predicted molar refractivity (Wildman–Crippen MR) is 72.3 cm³/mol. The Bertz CT molecular complexity index is 427. The van der Waals surface area contributed by atoms with Crippen molar-refractivity contribution in [3.8, 4) is 0 Å². The quantitative estimate of drug-likeness (QED) is 0.848. The summed E-state index contributed by atoms with van der Waals surface area (Å²) < 4.78 is 0. The molecule has 0 radical (unpaired) electrons. The van der Waals surface area contributed by atoms with Gasteiger partial charge in [0, 0.05) is 13.1 Å². The highest BCUT2D eigenvalue weighted by atomic mass is 16.2. The zero-order valence-corrected chi connectivity index (χ0v) is 10.8. The van der Waals surface area contributed by atoms with Crippen molar-refractivity contribution in [2.24, 2.45) is 0 Å². The molecule has 18 heavy (non-hydrogen) atoms. The number of likely N-dealkylation sites (tertiary alicyclic amines) is 1. The van der Waals surface area contributed by atoms with Gasteiger partial charge in [-0.15, -0.1) is 0 Å². The van der Waals surface area contributed by atoms with Crippen LogP contribution in [0.2, 0.25) is 0 Å². The number of nitrogen functional groups attached to an aromatic ring is 1. The van der Waals surface area contributed by atoms with Gasteiger partial charge < -0.3 is 16.0 Å². The van der Waals surface area contributed by atoms with E-state index in [1.54, 1.807) is 6.20 Å². The van der Waals surface area contributed by atoms with Crippen LogP contribution >= 0.6 is 0 Å². The van der Waals surface area contributed by atoms with Crippen molar-refractivity contribution in [2.45, 2.75) is 26.2 Å². The smallest absolute Gasteiger partial charge is 0.241 e. The number of nitrogens with two attached hydrogens (primary N) is 1. The number of anilines is 2. The highest BCUT2D eigenvalue weighted by molar-refractivity contribution is 5.80. The fourth-order valence-corrected chi connectivity index (χ4v) is 2.08. The van der Waals surface area contributed by atoms with Crippen molar-refractivity contribution in [2.75, 3.05) is 30.7 Å². The summed E-state index contributed by atoms with van der Waals surface area (Å²) in [5.41, 5.74) is 7.34. The second-order valence-electron chi connectivity index (χ2n) is 4.72. The largest absolute Gasteiger partial charge is 0.397 e. The number of carbonyl (C=O) groups excluding carboxylic acids is 1. The van der Waals surface area contributed by atoms with Crippen LogP contribution in [-0.4, -0.2) is 35.4 Å². The second-order valence-corrected chi connectivity index (χ2v) is 4.72. The standard InChI is InChI=1S/C13H20N4O/c1-10-7-12(15-8-11(10)14)16-9-13(18)17-5-3-2-4-6-17/h7-8H,2-6,9,14H2,1H3,(H,15,16). The Labute approximate surface area is 107 Å². The molecule has 0 unspecified atom stereocenters. The van der Waals surface area contributed by atoms with E-state index in [1.165, 1.54) is 6.42 Å². The average molecular weight is 248 g/mol. The van der Waals surface area contributed by atoms with Crippen LogP contribution in [0, 0.1) is 6.92 Å². The molecule has 0 bridgehead atoms.